The zero-order valence-corrected chi connectivity index (χ0v) is 23.7. The van der Waals surface area contributed by atoms with E-state index >= 15 is 0 Å². The summed E-state index contributed by atoms with van der Waals surface area (Å²) >= 11 is 14.9. The molecule has 3 aromatic carbocycles. The lowest BCUT2D eigenvalue weighted by Gasteiger charge is -2.34. The Morgan fingerprint density at radius 1 is 1.08 bits per heavy atom. The number of halogens is 2. The second kappa shape index (κ2) is 11.9. The summed E-state index contributed by atoms with van der Waals surface area (Å²) in [5, 5.41) is 17.1. The van der Waals surface area contributed by atoms with E-state index in [4.69, 9.17) is 27.9 Å². The summed E-state index contributed by atoms with van der Waals surface area (Å²) in [4.78, 5) is 25.3. The molecule has 38 heavy (non-hydrogen) atoms. The minimum atomic E-state index is -1.13. The van der Waals surface area contributed by atoms with Crippen LogP contribution in [0.5, 0.6) is 0 Å². The number of rotatable bonds is 7. The largest absolute Gasteiger partial charge is 0.480 e. The van der Waals surface area contributed by atoms with Crippen LogP contribution in [0.2, 0.25) is 10.0 Å². The first-order chi connectivity index (χ1) is 18.0. The summed E-state index contributed by atoms with van der Waals surface area (Å²) < 4.78 is 5.25. The lowest BCUT2D eigenvalue weighted by atomic mass is 9.91. The Morgan fingerprint density at radius 3 is 2.39 bits per heavy atom. The highest BCUT2D eigenvalue weighted by atomic mass is 35.5. The van der Waals surface area contributed by atoms with E-state index in [1.807, 2.05) is 54.6 Å². The molecule has 0 aliphatic carbocycles. The molecule has 0 spiro atoms. The number of benzene rings is 3. The van der Waals surface area contributed by atoms with Crippen LogP contribution in [0.25, 0.3) is 0 Å². The van der Waals surface area contributed by atoms with E-state index in [2.05, 4.69) is 22.8 Å². The number of anilines is 1. The number of hydrogen-bond donors (Lipinski definition) is 3. The van der Waals surface area contributed by atoms with Crippen LogP contribution >= 0.6 is 35.0 Å². The Hall–Kier alpha value is -2.87. The van der Waals surface area contributed by atoms with Gasteiger partial charge in [-0.05, 0) is 68.7 Å². The van der Waals surface area contributed by atoms with Gasteiger partial charge in [0.2, 0.25) is 0 Å². The van der Waals surface area contributed by atoms with Gasteiger partial charge in [0.1, 0.15) is 11.6 Å². The van der Waals surface area contributed by atoms with E-state index in [9.17, 15) is 14.7 Å². The standard InChI is InChI=1S/C29H30Cl2N2O4S/c1-29(2,3)37-28(36)33-24(27(34)35)15-17-12-13-22-19(14-17)25(38-18-8-5-4-6-9-18)16-23(32-22)26-20(30)10-7-11-21(26)31/h4-14,23-25,32H,15-16H2,1-3H3,(H,33,36)(H,34,35)/t23?,24-,25?/m0/s1. The van der Waals surface area contributed by atoms with Gasteiger partial charge < -0.3 is 20.5 Å². The molecule has 1 amide bonds. The smallest absolute Gasteiger partial charge is 0.408 e. The predicted molar refractivity (Wildman–Crippen MR) is 153 cm³/mol. The van der Waals surface area contributed by atoms with Crippen molar-refractivity contribution in [1.29, 1.82) is 0 Å². The fourth-order valence-corrected chi connectivity index (χ4v) is 6.33. The van der Waals surface area contributed by atoms with Gasteiger partial charge in [-0.1, -0.05) is 59.6 Å². The molecule has 1 heterocycles. The van der Waals surface area contributed by atoms with Crippen LogP contribution in [0.1, 0.15) is 55.2 Å². The van der Waals surface area contributed by atoms with Gasteiger partial charge in [-0.15, -0.1) is 11.8 Å². The van der Waals surface area contributed by atoms with Crippen LogP contribution in [-0.2, 0) is 16.0 Å². The van der Waals surface area contributed by atoms with Gasteiger partial charge in [-0.25, -0.2) is 9.59 Å². The summed E-state index contributed by atoms with van der Waals surface area (Å²) in [5.41, 5.74) is 2.91. The van der Waals surface area contributed by atoms with E-state index in [1.165, 1.54) is 0 Å². The number of aliphatic carboxylic acids is 1. The third-order valence-corrected chi connectivity index (χ3v) is 7.98. The average molecular weight is 574 g/mol. The SMILES string of the molecule is CC(C)(C)OC(=O)N[C@@H](Cc1ccc2c(c1)C(Sc1ccccc1)CC(c1c(Cl)cccc1Cl)N2)C(=O)O. The van der Waals surface area contributed by atoms with E-state index in [1.54, 1.807) is 32.5 Å². The first kappa shape index (κ1) is 28.1. The lowest BCUT2D eigenvalue weighted by Crippen LogP contribution is -2.44. The quantitative estimate of drug-likeness (QED) is 0.266. The van der Waals surface area contributed by atoms with Gasteiger partial charge in [0, 0.05) is 37.9 Å². The van der Waals surface area contributed by atoms with Gasteiger partial charge in [0.25, 0.3) is 0 Å². The minimum Gasteiger partial charge on any atom is -0.480 e. The summed E-state index contributed by atoms with van der Waals surface area (Å²) in [7, 11) is 0. The third kappa shape index (κ3) is 7.16. The Morgan fingerprint density at radius 2 is 1.76 bits per heavy atom. The Bertz CT molecular complexity index is 1290. The number of ether oxygens (including phenoxy) is 1. The highest BCUT2D eigenvalue weighted by molar-refractivity contribution is 7.99. The van der Waals surface area contributed by atoms with E-state index in [0.717, 1.165) is 33.7 Å². The number of carboxylic acid groups (broad SMARTS) is 1. The monoisotopic (exact) mass is 572 g/mol. The molecule has 9 heteroatoms. The molecule has 1 aliphatic heterocycles. The molecular weight excluding hydrogens is 543 g/mol. The maximum absolute atomic E-state index is 12.2. The highest BCUT2D eigenvalue weighted by Gasteiger charge is 2.32. The third-order valence-electron chi connectivity index (χ3n) is 6.04. The van der Waals surface area contributed by atoms with Crippen molar-refractivity contribution in [2.24, 2.45) is 0 Å². The highest BCUT2D eigenvalue weighted by Crippen LogP contribution is 2.50. The Balaban J connectivity index is 1.63. The molecule has 0 fully saturated rings. The van der Waals surface area contributed by atoms with Crippen LogP contribution in [0, 0.1) is 0 Å². The maximum atomic E-state index is 12.2. The van der Waals surface area contributed by atoms with Gasteiger partial charge >= 0.3 is 12.1 Å². The topological polar surface area (TPSA) is 87.7 Å². The molecule has 0 saturated heterocycles. The summed E-state index contributed by atoms with van der Waals surface area (Å²) in [6.07, 6.45) is 0.0731. The van der Waals surface area contributed by atoms with Crippen LogP contribution < -0.4 is 10.6 Å². The van der Waals surface area contributed by atoms with E-state index in [-0.39, 0.29) is 17.7 Å². The molecule has 0 aromatic heterocycles. The maximum Gasteiger partial charge on any atom is 0.408 e. The molecule has 1 aliphatic rings. The van der Waals surface area contributed by atoms with E-state index < -0.39 is 23.7 Å². The second-order valence-corrected chi connectivity index (χ2v) is 12.2. The fourth-order valence-electron chi connectivity index (χ4n) is 4.42. The van der Waals surface area contributed by atoms with Gasteiger partial charge in [-0.3, -0.25) is 0 Å². The van der Waals surface area contributed by atoms with Crippen molar-refractivity contribution in [3.8, 4) is 0 Å². The summed E-state index contributed by atoms with van der Waals surface area (Å²) in [6.45, 7) is 5.19. The van der Waals surface area contributed by atoms with Crippen LogP contribution in [0.4, 0.5) is 10.5 Å². The molecule has 6 nitrogen and oxygen atoms in total. The van der Waals surface area contributed by atoms with E-state index in [0.29, 0.717) is 10.0 Å². The van der Waals surface area contributed by atoms with Crippen molar-refractivity contribution in [1.82, 2.24) is 5.32 Å². The summed E-state index contributed by atoms with van der Waals surface area (Å²) in [5.74, 6) is -1.13. The number of carbonyl (C=O) groups is 2. The minimum absolute atomic E-state index is 0.0491. The number of hydrogen-bond acceptors (Lipinski definition) is 5. The van der Waals surface area contributed by atoms with Crippen molar-refractivity contribution < 1.29 is 19.4 Å². The number of alkyl carbamates (subject to hydrolysis) is 1. The normalized spacial score (nSPS) is 17.6. The second-order valence-electron chi connectivity index (χ2n) is 10.2. The lowest BCUT2D eigenvalue weighted by molar-refractivity contribution is -0.139. The molecule has 0 radical (unpaired) electrons. The van der Waals surface area contributed by atoms with Crippen LogP contribution in [-0.4, -0.2) is 28.8 Å². The molecule has 200 valence electrons. The molecule has 4 rings (SSSR count). The van der Waals surface area contributed by atoms with Gasteiger partial charge in [0.05, 0.1) is 6.04 Å². The Labute approximate surface area is 237 Å². The first-order valence-corrected chi connectivity index (χ1v) is 13.9. The van der Waals surface area contributed by atoms with Crippen molar-refractivity contribution in [2.75, 3.05) is 5.32 Å². The van der Waals surface area contributed by atoms with Crippen molar-refractivity contribution >= 4 is 52.7 Å². The predicted octanol–water partition coefficient (Wildman–Crippen LogP) is 7.90. The molecule has 0 bridgehead atoms. The molecular formula is C29H30Cl2N2O4S. The number of carboxylic acids is 1. The molecule has 3 N–H and O–H groups in total. The summed E-state index contributed by atoms with van der Waals surface area (Å²) in [6, 6.07) is 20.2. The molecule has 2 unspecified atom stereocenters. The average Bonchev–Trinajstić information content (AvgIpc) is 2.83. The number of amides is 1. The Kier molecular flexibility index (Phi) is 8.81. The number of nitrogens with one attached hydrogen (secondary N) is 2. The molecule has 3 aromatic rings. The molecule has 3 atom stereocenters. The van der Waals surface area contributed by atoms with Gasteiger partial charge in [0.15, 0.2) is 0 Å². The molecule has 0 saturated carbocycles. The number of carbonyl (C=O) groups excluding carboxylic acids is 1. The van der Waals surface area contributed by atoms with Crippen LogP contribution in [0.3, 0.4) is 0 Å². The first-order valence-electron chi connectivity index (χ1n) is 12.3. The van der Waals surface area contributed by atoms with Crippen LogP contribution in [0.15, 0.2) is 71.6 Å². The number of fused-ring (bicyclic) bond motifs is 1. The van der Waals surface area contributed by atoms with Crippen molar-refractivity contribution in [3.05, 3.63) is 93.5 Å². The van der Waals surface area contributed by atoms with Gasteiger partial charge in [-0.2, -0.15) is 0 Å². The zero-order chi connectivity index (χ0) is 27.4. The van der Waals surface area contributed by atoms with Crippen molar-refractivity contribution in [2.45, 2.75) is 61.4 Å². The zero-order valence-electron chi connectivity index (χ0n) is 21.3. The van der Waals surface area contributed by atoms with Crippen molar-refractivity contribution in [3.63, 3.8) is 0 Å². The fraction of sp³-hybridized carbons (Fsp3) is 0.310. The number of thioether (sulfide) groups is 1.